The number of anilines is 1. The number of rotatable bonds is 4. The number of carbonyl (C=O) groups is 1. The van der Waals surface area contributed by atoms with Gasteiger partial charge in [-0.15, -0.1) is 0 Å². The Bertz CT molecular complexity index is 952. The van der Waals surface area contributed by atoms with Gasteiger partial charge in [-0.1, -0.05) is 0 Å². The first kappa shape index (κ1) is 19.4. The van der Waals surface area contributed by atoms with Crippen molar-refractivity contribution in [2.45, 2.75) is 55.7 Å². The van der Waals surface area contributed by atoms with Gasteiger partial charge in [-0.2, -0.15) is 10.4 Å². The molecule has 2 aromatic heterocycles. The molecule has 0 radical (unpaired) electrons. The van der Waals surface area contributed by atoms with Crippen LogP contribution in [0.25, 0.3) is 5.52 Å². The molecule has 1 aliphatic heterocycles. The highest BCUT2D eigenvalue weighted by Gasteiger charge is 2.57. The van der Waals surface area contributed by atoms with E-state index in [9.17, 15) is 20.3 Å². The molecule has 0 bridgehead atoms. The molecule has 1 saturated carbocycles. The maximum atomic E-state index is 11.9. The number of nitrogen functional groups attached to an aromatic ring is 1. The Morgan fingerprint density at radius 1 is 1.41 bits per heavy atom. The lowest BCUT2D eigenvalue weighted by Crippen LogP contribution is -2.41. The van der Waals surface area contributed by atoms with E-state index in [0.29, 0.717) is 5.52 Å². The average molecular weight is 403 g/mol. The molecule has 11 nitrogen and oxygen atoms in total. The van der Waals surface area contributed by atoms with Crippen molar-refractivity contribution in [2.75, 3.05) is 12.3 Å². The van der Waals surface area contributed by atoms with Crippen LogP contribution in [0.3, 0.4) is 0 Å². The second kappa shape index (κ2) is 7.47. The lowest BCUT2D eigenvalue weighted by atomic mass is 9.92. The van der Waals surface area contributed by atoms with Crippen molar-refractivity contribution in [2.24, 2.45) is 0 Å². The van der Waals surface area contributed by atoms with E-state index >= 15 is 0 Å². The summed E-state index contributed by atoms with van der Waals surface area (Å²) in [5.41, 5.74) is 4.47. The monoisotopic (exact) mass is 403 g/mol. The normalized spacial score (nSPS) is 29.8. The SMILES string of the molecule is N#C[C@@]1(c2ccc3c(N)ncnn23)O[C@H](COC(=O)OC2CCCC2)[C@@H](O)[C@H]1O. The van der Waals surface area contributed by atoms with Gasteiger partial charge in [0.05, 0.1) is 5.69 Å². The summed E-state index contributed by atoms with van der Waals surface area (Å²) in [6.45, 7) is -0.381. The lowest BCUT2D eigenvalue weighted by Gasteiger charge is -2.24. The van der Waals surface area contributed by atoms with Gasteiger partial charge in [0.1, 0.15) is 48.9 Å². The zero-order chi connectivity index (χ0) is 20.6. The predicted molar refractivity (Wildman–Crippen MR) is 96.3 cm³/mol. The van der Waals surface area contributed by atoms with E-state index < -0.39 is 30.1 Å². The quantitative estimate of drug-likeness (QED) is 0.602. The Morgan fingerprint density at radius 2 is 2.17 bits per heavy atom. The zero-order valence-corrected chi connectivity index (χ0v) is 15.5. The summed E-state index contributed by atoms with van der Waals surface area (Å²) in [5, 5.41) is 34.9. The van der Waals surface area contributed by atoms with Crippen molar-refractivity contribution in [3.8, 4) is 6.07 Å². The molecule has 4 atom stereocenters. The molecule has 0 spiro atoms. The first-order valence-electron chi connectivity index (χ1n) is 9.33. The van der Waals surface area contributed by atoms with Gasteiger partial charge < -0.3 is 30.2 Å². The Morgan fingerprint density at radius 3 is 2.90 bits per heavy atom. The molecule has 4 N–H and O–H groups in total. The van der Waals surface area contributed by atoms with Gasteiger partial charge in [-0.05, 0) is 37.8 Å². The Kier molecular flexibility index (Phi) is 4.99. The summed E-state index contributed by atoms with van der Waals surface area (Å²) in [6.07, 6.45) is -0.472. The maximum Gasteiger partial charge on any atom is 0.508 e. The smallest absolute Gasteiger partial charge is 0.431 e. The van der Waals surface area contributed by atoms with Crippen molar-refractivity contribution in [3.05, 3.63) is 24.2 Å². The number of hydrogen-bond donors (Lipinski definition) is 3. The summed E-state index contributed by atoms with van der Waals surface area (Å²) in [7, 11) is 0. The fourth-order valence-electron chi connectivity index (χ4n) is 3.88. The molecule has 11 heteroatoms. The number of aliphatic hydroxyl groups excluding tert-OH is 2. The number of carbonyl (C=O) groups excluding carboxylic acids is 1. The number of aromatic nitrogens is 3. The number of nitrogens with zero attached hydrogens (tertiary/aromatic N) is 4. The third-order valence-electron chi connectivity index (χ3n) is 5.42. The van der Waals surface area contributed by atoms with Gasteiger partial charge in [0, 0.05) is 0 Å². The van der Waals surface area contributed by atoms with Crippen LogP contribution in [0.1, 0.15) is 31.4 Å². The molecule has 0 aromatic carbocycles. The van der Waals surface area contributed by atoms with Gasteiger partial charge in [0.25, 0.3) is 0 Å². The lowest BCUT2D eigenvalue weighted by molar-refractivity contribution is -0.0745. The van der Waals surface area contributed by atoms with Gasteiger partial charge in [-0.3, -0.25) is 0 Å². The van der Waals surface area contributed by atoms with E-state index in [1.54, 1.807) is 6.07 Å². The summed E-state index contributed by atoms with van der Waals surface area (Å²) in [4.78, 5) is 15.7. The molecule has 0 unspecified atom stereocenters. The highest BCUT2D eigenvalue weighted by atomic mass is 16.7. The fraction of sp³-hybridized carbons (Fsp3) is 0.556. The molecule has 29 heavy (non-hydrogen) atoms. The van der Waals surface area contributed by atoms with Crippen molar-refractivity contribution in [1.29, 1.82) is 5.26 Å². The molecule has 3 heterocycles. The maximum absolute atomic E-state index is 11.9. The molecular formula is C18H21N5O6. The Hall–Kier alpha value is -2.94. The number of nitrogens with two attached hydrogens (primary N) is 1. The molecule has 0 amide bonds. The summed E-state index contributed by atoms with van der Waals surface area (Å²) < 4.78 is 17.3. The summed E-state index contributed by atoms with van der Waals surface area (Å²) in [5.74, 6) is 0.182. The highest BCUT2D eigenvalue weighted by Crippen LogP contribution is 2.40. The standard InChI is InChI=1S/C18H21N5O6/c19-8-18(13-6-5-11-16(20)21-9-22-23(11)13)15(25)14(24)12(29-18)7-27-17(26)28-10-3-1-2-4-10/h5-6,9-10,12,14-15,24-25H,1-4,7H2,(H2,20,21,22)/t12-,14-,15-,18+/m1/s1. The second-order valence-corrected chi connectivity index (χ2v) is 7.19. The predicted octanol–water partition coefficient (Wildman–Crippen LogP) is 0.247. The molecule has 2 aromatic rings. The fourth-order valence-corrected chi connectivity index (χ4v) is 3.88. The number of ether oxygens (including phenoxy) is 3. The van der Waals surface area contributed by atoms with Gasteiger partial charge in [0.2, 0.25) is 5.60 Å². The van der Waals surface area contributed by atoms with E-state index in [2.05, 4.69) is 10.1 Å². The first-order valence-corrected chi connectivity index (χ1v) is 9.33. The van der Waals surface area contributed by atoms with E-state index in [0.717, 1.165) is 25.7 Å². The Balaban J connectivity index is 1.52. The van der Waals surface area contributed by atoms with Crippen molar-refractivity contribution in [1.82, 2.24) is 14.6 Å². The van der Waals surface area contributed by atoms with Crippen LogP contribution in [0.5, 0.6) is 0 Å². The molecule has 2 aliphatic rings. The van der Waals surface area contributed by atoms with E-state index in [-0.39, 0.29) is 24.2 Å². The minimum Gasteiger partial charge on any atom is -0.431 e. The third-order valence-corrected chi connectivity index (χ3v) is 5.42. The van der Waals surface area contributed by atoms with Crippen LogP contribution < -0.4 is 5.73 Å². The topological polar surface area (TPSA) is 165 Å². The van der Waals surface area contributed by atoms with Crippen LogP contribution in [0, 0.1) is 11.3 Å². The molecule has 1 aliphatic carbocycles. The molecule has 2 fully saturated rings. The highest BCUT2D eigenvalue weighted by molar-refractivity contribution is 5.66. The molecule has 4 rings (SSSR count). The second-order valence-electron chi connectivity index (χ2n) is 7.19. The minimum atomic E-state index is -1.93. The summed E-state index contributed by atoms with van der Waals surface area (Å²) in [6, 6.07) is 5.01. The first-order chi connectivity index (χ1) is 14.0. The van der Waals surface area contributed by atoms with Gasteiger partial charge in [0.15, 0.2) is 5.82 Å². The molecular weight excluding hydrogens is 382 g/mol. The molecule has 1 saturated heterocycles. The Labute approximate surface area is 165 Å². The number of hydrogen-bond acceptors (Lipinski definition) is 10. The zero-order valence-electron chi connectivity index (χ0n) is 15.5. The van der Waals surface area contributed by atoms with E-state index in [1.807, 2.05) is 6.07 Å². The number of fused-ring (bicyclic) bond motifs is 1. The van der Waals surface area contributed by atoms with Crippen molar-refractivity contribution < 1.29 is 29.2 Å². The van der Waals surface area contributed by atoms with Crippen LogP contribution in [-0.2, 0) is 19.8 Å². The van der Waals surface area contributed by atoms with E-state index in [4.69, 9.17) is 19.9 Å². The number of nitriles is 1. The summed E-state index contributed by atoms with van der Waals surface area (Å²) >= 11 is 0. The van der Waals surface area contributed by atoms with Gasteiger partial charge >= 0.3 is 6.16 Å². The van der Waals surface area contributed by atoms with Crippen LogP contribution in [-0.4, -0.2) is 62.0 Å². The van der Waals surface area contributed by atoms with Crippen LogP contribution in [0.2, 0.25) is 0 Å². The van der Waals surface area contributed by atoms with Gasteiger partial charge in [-0.25, -0.2) is 14.3 Å². The largest absolute Gasteiger partial charge is 0.508 e. The van der Waals surface area contributed by atoms with Crippen LogP contribution >= 0.6 is 0 Å². The minimum absolute atomic E-state index is 0.169. The van der Waals surface area contributed by atoms with Crippen LogP contribution in [0.15, 0.2) is 18.5 Å². The molecule has 154 valence electrons. The van der Waals surface area contributed by atoms with E-state index in [1.165, 1.54) is 16.9 Å². The third kappa shape index (κ3) is 3.25. The van der Waals surface area contributed by atoms with Crippen molar-refractivity contribution >= 4 is 17.5 Å². The van der Waals surface area contributed by atoms with Crippen molar-refractivity contribution in [3.63, 3.8) is 0 Å². The average Bonchev–Trinajstić information content (AvgIpc) is 3.42. The van der Waals surface area contributed by atoms with Crippen LogP contribution in [0.4, 0.5) is 10.6 Å². The number of aliphatic hydroxyl groups is 2.